The molecule has 57 heavy (non-hydrogen) atoms. The van der Waals surface area contributed by atoms with Crippen molar-refractivity contribution in [3.05, 3.63) is 41.5 Å². The number of nitrogens with zero attached hydrogens (tertiary/aromatic N) is 3. The summed E-state index contributed by atoms with van der Waals surface area (Å²) >= 11 is 0. The Hall–Kier alpha value is -4.15. The molecule has 0 radical (unpaired) electrons. The number of carbonyl (C=O) groups is 4. The third-order valence-electron chi connectivity index (χ3n) is 11.3. The molecule has 0 spiro atoms. The van der Waals surface area contributed by atoms with E-state index in [0.29, 0.717) is 30.1 Å². The van der Waals surface area contributed by atoms with Gasteiger partial charge in [0.05, 0.1) is 30.5 Å². The van der Waals surface area contributed by atoms with Crippen molar-refractivity contribution < 1.29 is 52.2 Å². The van der Waals surface area contributed by atoms with E-state index < -0.39 is 60.2 Å². The quantitative estimate of drug-likeness (QED) is 0.126. The number of amides is 1. The van der Waals surface area contributed by atoms with Gasteiger partial charge >= 0.3 is 25.3 Å². The fraction of sp³-hybridized carbons (Fsp3) is 0.683. The summed E-state index contributed by atoms with van der Waals surface area (Å²) in [4.78, 5) is 58.7. The minimum atomic E-state index is -1.14. The number of carbonyl (C=O) groups excluding carboxylic acids is 4. The summed E-state index contributed by atoms with van der Waals surface area (Å²) < 4.78 is 43.2. The van der Waals surface area contributed by atoms with Gasteiger partial charge in [0.25, 0.3) is 0 Å². The molecule has 3 heterocycles. The number of esters is 1. The molecule has 2 saturated heterocycles. The predicted octanol–water partition coefficient (Wildman–Crippen LogP) is 6.50. The number of hydrogen-bond acceptors (Lipinski definition) is 13. The van der Waals surface area contributed by atoms with Crippen LogP contribution in [0.15, 0.2) is 24.7 Å². The third kappa shape index (κ3) is 9.12. The molecule has 2 N–H and O–H groups in total. The van der Waals surface area contributed by atoms with Crippen molar-refractivity contribution in [1.29, 1.82) is 0 Å². The van der Waals surface area contributed by atoms with Crippen LogP contribution in [0.1, 0.15) is 124 Å². The molecule has 1 unspecified atom stereocenters. The van der Waals surface area contributed by atoms with Crippen molar-refractivity contribution in [1.82, 2.24) is 14.5 Å². The highest BCUT2D eigenvalue weighted by Gasteiger charge is 2.67. The van der Waals surface area contributed by atoms with E-state index in [1.807, 2.05) is 0 Å². The minimum Gasteiger partial charge on any atom is -0.486 e. The molecule has 3 saturated carbocycles. The first-order valence-electron chi connectivity index (χ1n) is 19.9. The molecule has 2 bridgehead atoms. The lowest BCUT2D eigenvalue weighted by Gasteiger charge is -2.64. The Balaban J connectivity index is 1.20. The number of benzene rings is 1. The fourth-order valence-electron chi connectivity index (χ4n) is 8.35. The zero-order valence-electron chi connectivity index (χ0n) is 35.4. The highest BCUT2D eigenvalue weighted by Crippen LogP contribution is 2.65. The maximum Gasteiger partial charge on any atom is 0.514 e. The van der Waals surface area contributed by atoms with Gasteiger partial charge in [0.2, 0.25) is 5.91 Å². The second-order valence-corrected chi connectivity index (χ2v) is 19.6. The number of hydrogen-bond donors (Lipinski definition) is 1. The molecule has 15 nitrogen and oxygen atoms in total. The molecule has 16 heteroatoms. The second-order valence-electron chi connectivity index (χ2n) is 19.6. The Labute approximate surface area is 335 Å². The van der Waals surface area contributed by atoms with Crippen LogP contribution in [-0.4, -0.2) is 93.4 Å². The summed E-state index contributed by atoms with van der Waals surface area (Å²) in [5.41, 5.74) is 4.24. The molecule has 312 valence electrons. The number of ether oxygens (including phenoxy) is 5. The van der Waals surface area contributed by atoms with Crippen molar-refractivity contribution in [3.63, 3.8) is 0 Å². The van der Waals surface area contributed by atoms with Crippen LogP contribution in [0.5, 0.6) is 11.5 Å². The van der Waals surface area contributed by atoms with Gasteiger partial charge in [-0.05, 0) is 124 Å². The van der Waals surface area contributed by atoms with Crippen LogP contribution >= 0.6 is 0 Å². The predicted molar refractivity (Wildman–Crippen MR) is 209 cm³/mol. The molecule has 2 aromatic rings. The van der Waals surface area contributed by atoms with Crippen molar-refractivity contribution in [2.75, 3.05) is 13.1 Å². The normalized spacial score (nSPS) is 24.8. The van der Waals surface area contributed by atoms with Crippen LogP contribution in [-0.2, 0) is 34.7 Å². The molecule has 5 fully saturated rings. The lowest BCUT2D eigenvalue weighted by molar-refractivity contribution is -0.199. The SMILES string of the molecule is CC(C)(C)OC(=O)Oc1c(CCB2O[C@@H]3C[C@@H]4C[C@@H](C4(C)C)[C@]3(C)O2)ccc(OC2CN(C(=O)C(N)c3cn(C(=O)OC(C)(C)C)cn3)C2)c1C(=O)OC(C)(C)C. The minimum absolute atomic E-state index is 0.00266. The van der Waals surface area contributed by atoms with E-state index in [1.54, 1.807) is 74.4 Å². The summed E-state index contributed by atoms with van der Waals surface area (Å²) in [6.45, 7) is 22.7. The van der Waals surface area contributed by atoms with E-state index in [4.69, 9.17) is 38.7 Å². The monoisotopic (exact) mass is 794 g/mol. The van der Waals surface area contributed by atoms with Crippen LogP contribution in [0.4, 0.5) is 9.59 Å². The van der Waals surface area contributed by atoms with E-state index in [9.17, 15) is 19.2 Å². The van der Waals surface area contributed by atoms with Gasteiger partial charge < -0.3 is 43.6 Å². The fourth-order valence-corrected chi connectivity index (χ4v) is 8.35. The maximum atomic E-state index is 14.0. The van der Waals surface area contributed by atoms with Crippen molar-refractivity contribution in [2.45, 2.75) is 149 Å². The summed E-state index contributed by atoms with van der Waals surface area (Å²) in [5.74, 6) is -0.118. The summed E-state index contributed by atoms with van der Waals surface area (Å²) in [5, 5.41) is 0. The molecule has 1 amide bonds. The standard InChI is InChI=1S/C41H59BN4O11/c1-37(2,3)53-34(48)30-27(51-25-19-45(20-25)33(47)31(43)26-21-46(22-44-26)35(49)54-38(4,5)6)14-13-23(32(30)52-36(50)55-39(7,8)9)15-16-42-56-29-18-24-17-28(40(24,10)11)41(29,12)57-42/h13-14,21-22,24-25,28-29,31H,15-20,43H2,1-12H3/t24-,28-,29+,31?,41-/m0/s1. The van der Waals surface area contributed by atoms with Crippen LogP contribution in [0.2, 0.25) is 6.32 Å². The first kappa shape index (κ1) is 42.5. The Kier molecular flexibility index (Phi) is 11.1. The van der Waals surface area contributed by atoms with E-state index >= 15 is 0 Å². The molecule has 5 aliphatic rings. The van der Waals surface area contributed by atoms with Gasteiger partial charge in [-0.15, -0.1) is 0 Å². The second kappa shape index (κ2) is 14.9. The molecule has 1 aromatic carbocycles. The van der Waals surface area contributed by atoms with Gasteiger partial charge in [0.15, 0.2) is 5.75 Å². The Morgan fingerprint density at radius 3 is 2.21 bits per heavy atom. The van der Waals surface area contributed by atoms with E-state index in [-0.39, 0.29) is 53.0 Å². The van der Waals surface area contributed by atoms with Crippen LogP contribution in [0.3, 0.4) is 0 Å². The number of likely N-dealkylation sites (tertiary alicyclic amines) is 1. The maximum absolute atomic E-state index is 14.0. The Bertz CT molecular complexity index is 1890. The van der Waals surface area contributed by atoms with Gasteiger partial charge in [-0.2, -0.15) is 0 Å². The summed E-state index contributed by atoms with van der Waals surface area (Å²) in [6, 6.07) is 2.24. The number of aromatic nitrogens is 2. The molecular weight excluding hydrogens is 735 g/mol. The first-order chi connectivity index (χ1) is 26.2. The lowest BCUT2D eigenvalue weighted by atomic mass is 9.43. The zero-order valence-corrected chi connectivity index (χ0v) is 35.4. The highest BCUT2D eigenvalue weighted by atomic mass is 16.7. The lowest BCUT2D eigenvalue weighted by Crippen LogP contribution is -2.65. The van der Waals surface area contributed by atoms with Gasteiger partial charge in [0.1, 0.15) is 46.6 Å². The smallest absolute Gasteiger partial charge is 0.486 e. The van der Waals surface area contributed by atoms with E-state index in [2.05, 4.69) is 25.8 Å². The van der Waals surface area contributed by atoms with Crippen molar-refractivity contribution >= 4 is 31.2 Å². The van der Waals surface area contributed by atoms with Crippen molar-refractivity contribution in [3.8, 4) is 11.5 Å². The van der Waals surface area contributed by atoms with E-state index in [0.717, 1.165) is 17.4 Å². The Morgan fingerprint density at radius 1 is 0.947 bits per heavy atom. The van der Waals surface area contributed by atoms with Gasteiger partial charge in [0, 0.05) is 6.20 Å². The Morgan fingerprint density at radius 2 is 1.60 bits per heavy atom. The van der Waals surface area contributed by atoms with Crippen LogP contribution < -0.4 is 15.2 Å². The molecule has 5 atom stereocenters. The summed E-state index contributed by atoms with van der Waals surface area (Å²) in [6.07, 6.45) is 3.30. The molecule has 3 aliphatic carbocycles. The number of nitrogens with two attached hydrogens (primary N) is 1. The van der Waals surface area contributed by atoms with Gasteiger partial charge in [-0.3, -0.25) is 4.79 Å². The third-order valence-corrected chi connectivity index (χ3v) is 11.3. The number of imidazole rings is 1. The van der Waals surface area contributed by atoms with Gasteiger partial charge in [-0.25, -0.2) is 23.9 Å². The average Bonchev–Trinajstić information content (AvgIpc) is 3.67. The summed E-state index contributed by atoms with van der Waals surface area (Å²) in [7, 11) is -0.485. The molecular formula is C41H59BN4O11. The van der Waals surface area contributed by atoms with Crippen LogP contribution in [0, 0.1) is 17.3 Å². The molecule has 1 aromatic heterocycles. The van der Waals surface area contributed by atoms with Crippen molar-refractivity contribution in [2.24, 2.45) is 23.0 Å². The largest absolute Gasteiger partial charge is 0.514 e. The average molecular weight is 795 g/mol. The van der Waals surface area contributed by atoms with Gasteiger partial charge in [-0.1, -0.05) is 19.9 Å². The van der Waals surface area contributed by atoms with E-state index in [1.165, 1.54) is 17.4 Å². The van der Waals surface area contributed by atoms with Crippen LogP contribution in [0.25, 0.3) is 0 Å². The molecule has 7 rings (SSSR count). The number of aryl methyl sites for hydroxylation is 1. The molecule has 2 aliphatic heterocycles. The number of rotatable bonds is 9. The highest BCUT2D eigenvalue weighted by molar-refractivity contribution is 6.45. The topological polar surface area (TPSA) is 180 Å². The zero-order chi connectivity index (χ0) is 42.0. The first-order valence-corrected chi connectivity index (χ1v) is 19.9.